The molecule has 0 aromatic rings. The molecule has 0 rings (SSSR count). The Kier molecular flexibility index (Phi) is 3.70. The molecule has 0 heterocycles. The van der Waals surface area contributed by atoms with Crippen LogP contribution >= 0.6 is 21.2 Å². The summed E-state index contributed by atoms with van der Waals surface area (Å²) in [7, 11) is 0. The molecule has 0 atom stereocenters. The van der Waals surface area contributed by atoms with Crippen LogP contribution < -0.4 is 0 Å². The minimum absolute atomic E-state index is 2.57. The van der Waals surface area contributed by atoms with Crippen LogP contribution in [0.5, 0.6) is 0 Å². The van der Waals surface area contributed by atoms with Crippen LogP contribution in [0.15, 0.2) is 0 Å². The molecule has 0 amide bonds. The second-order valence-corrected chi connectivity index (χ2v) is 4.37. The number of rotatable bonds is 2. The van der Waals surface area contributed by atoms with E-state index in [9.17, 15) is 35.9 Å². The normalized spacial score (nSPS) is 13.1. The Labute approximate surface area is 77.5 Å². The van der Waals surface area contributed by atoms with Crippen molar-refractivity contribution in [3.05, 3.63) is 0 Å². The minimum atomic E-state index is -5.34. The Hall–Kier alpha value is -0.350. The number of hydrogen-bond donors (Lipinski definition) is 0. The van der Waals surface area contributed by atoms with Crippen LogP contribution in [0.2, 0.25) is 0 Å². The first-order chi connectivity index (χ1) is 5.55. The van der Waals surface area contributed by atoms with E-state index in [0.717, 1.165) is 0 Å². The fourth-order valence-corrected chi connectivity index (χ4v) is 1.34. The van der Waals surface area contributed by atoms with Crippen molar-refractivity contribution in [2.75, 3.05) is 0 Å². The Morgan fingerprint density at radius 2 is 1.00 bits per heavy atom. The first-order valence-corrected chi connectivity index (χ1v) is 4.78. The van der Waals surface area contributed by atoms with Crippen molar-refractivity contribution >= 4 is 28.8 Å². The van der Waals surface area contributed by atoms with Crippen LogP contribution in [0.3, 0.4) is 0 Å². The van der Waals surface area contributed by atoms with Gasteiger partial charge in [0, 0.05) is 0 Å². The van der Waals surface area contributed by atoms with E-state index in [4.69, 9.17) is 0 Å². The molecule has 0 aliphatic rings. The predicted molar refractivity (Wildman–Crippen MR) is 37.5 cm³/mol. The molecule has 0 bridgehead atoms. The summed E-state index contributed by atoms with van der Waals surface area (Å²) < 4.78 is 63.0. The van der Waals surface area contributed by atoms with E-state index in [1.54, 1.807) is 0 Å². The Morgan fingerprint density at radius 1 is 0.769 bits per heavy atom. The standard InChI is InChI=1S/C4HF6IO2/c5-3(6,7)1(12)11-2(13)4(8,9)10/h11H. The molecule has 0 aliphatic carbocycles. The number of hydrogen-bond acceptors (Lipinski definition) is 2. The molecule has 0 saturated carbocycles. The SMILES string of the molecule is O=C([IH]C(=O)C(F)(F)F)C(F)(F)F. The molecule has 0 unspecified atom stereocenters. The first kappa shape index (κ1) is 12.7. The van der Waals surface area contributed by atoms with Crippen LogP contribution in [0, 0.1) is 0 Å². The van der Waals surface area contributed by atoms with Gasteiger partial charge in [0.1, 0.15) is 0 Å². The van der Waals surface area contributed by atoms with Crippen molar-refractivity contribution < 1.29 is 35.9 Å². The summed E-state index contributed by atoms with van der Waals surface area (Å²) >= 11 is -3.39. The van der Waals surface area contributed by atoms with Gasteiger partial charge in [0.25, 0.3) is 0 Å². The maximum absolute atomic E-state index is 11.4. The summed E-state index contributed by atoms with van der Waals surface area (Å²) in [6.45, 7) is 0. The molecule has 0 aliphatic heterocycles. The monoisotopic (exact) mass is 322 g/mol. The van der Waals surface area contributed by atoms with Crippen molar-refractivity contribution in [2.24, 2.45) is 0 Å². The quantitative estimate of drug-likeness (QED) is 0.442. The first-order valence-electron chi connectivity index (χ1n) is 2.45. The second kappa shape index (κ2) is 3.80. The molecule has 0 aromatic heterocycles. The zero-order valence-electron chi connectivity index (χ0n) is 5.49. The van der Waals surface area contributed by atoms with E-state index in [1.165, 1.54) is 0 Å². The van der Waals surface area contributed by atoms with Gasteiger partial charge in [0.05, 0.1) is 0 Å². The zero-order chi connectivity index (χ0) is 10.9. The molecule has 2 nitrogen and oxygen atoms in total. The van der Waals surface area contributed by atoms with Gasteiger partial charge in [-0.15, -0.1) is 0 Å². The molecule has 13 heavy (non-hydrogen) atoms. The molecule has 0 spiro atoms. The van der Waals surface area contributed by atoms with E-state index >= 15 is 0 Å². The Balaban J connectivity index is 4.34. The van der Waals surface area contributed by atoms with Gasteiger partial charge in [-0.05, 0) is 0 Å². The van der Waals surface area contributed by atoms with E-state index in [-0.39, 0.29) is 0 Å². The van der Waals surface area contributed by atoms with Crippen LogP contribution in [-0.4, -0.2) is 19.9 Å². The second-order valence-electron chi connectivity index (χ2n) is 1.67. The molecule has 78 valence electrons. The van der Waals surface area contributed by atoms with Crippen LogP contribution in [0.25, 0.3) is 0 Å². The molecular weight excluding hydrogens is 321 g/mol. The average Bonchev–Trinajstić information content (AvgIpc) is 1.82. The molecule has 0 aromatic carbocycles. The summed E-state index contributed by atoms with van der Waals surface area (Å²) in [6, 6.07) is 0. The van der Waals surface area contributed by atoms with E-state index in [0.29, 0.717) is 0 Å². The molecule has 0 N–H and O–H groups in total. The van der Waals surface area contributed by atoms with E-state index in [2.05, 4.69) is 0 Å². The van der Waals surface area contributed by atoms with Gasteiger partial charge in [-0.25, -0.2) is 0 Å². The Bertz CT molecular complexity index is 204. The third-order valence-corrected chi connectivity index (χ3v) is 3.03. The van der Waals surface area contributed by atoms with E-state index in [1.807, 2.05) is 0 Å². The summed E-state index contributed by atoms with van der Waals surface area (Å²) in [6.07, 6.45) is -10.7. The van der Waals surface area contributed by atoms with Crippen LogP contribution in [0.1, 0.15) is 0 Å². The summed E-state index contributed by atoms with van der Waals surface area (Å²) in [5.41, 5.74) is 0. The van der Waals surface area contributed by atoms with E-state index < -0.39 is 41.1 Å². The van der Waals surface area contributed by atoms with Gasteiger partial charge < -0.3 is 0 Å². The average molecular weight is 322 g/mol. The fraction of sp³-hybridized carbons (Fsp3) is 0.500. The Morgan fingerprint density at radius 3 is 1.15 bits per heavy atom. The maximum atomic E-state index is 11.4. The number of alkyl halides is 6. The zero-order valence-corrected chi connectivity index (χ0v) is 7.82. The number of halogens is 7. The van der Waals surface area contributed by atoms with Gasteiger partial charge in [0.15, 0.2) is 0 Å². The topological polar surface area (TPSA) is 34.1 Å². The summed E-state index contributed by atoms with van der Waals surface area (Å²) in [4.78, 5) is 19.9. The third kappa shape index (κ3) is 4.43. The summed E-state index contributed by atoms with van der Waals surface area (Å²) in [5.74, 6) is 0. The summed E-state index contributed by atoms with van der Waals surface area (Å²) in [5, 5.41) is 0. The van der Waals surface area contributed by atoms with Crippen molar-refractivity contribution in [3.8, 4) is 0 Å². The molecule has 9 heteroatoms. The third-order valence-electron chi connectivity index (χ3n) is 0.648. The van der Waals surface area contributed by atoms with Crippen molar-refractivity contribution in [3.63, 3.8) is 0 Å². The van der Waals surface area contributed by atoms with Crippen molar-refractivity contribution in [1.29, 1.82) is 0 Å². The van der Waals surface area contributed by atoms with Gasteiger partial charge in [-0.2, -0.15) is 0 Å². The molecule has 0 radical (unpaired) electrons. The predicted octanol–water partition coefficient (Wildman–Crippen LogP) is 1.87. The molecular formula is C4HF6IO2. The van der Waals surface area contributed by atoms with Crippen molar-refractivity contribution in [2.45, 2.75) is 12.4 Å². The fourth-order valence-electron chi connectivity index (χ4n) is 0.200. The number of carbonyl (C=O) groups excluding carboxylic acids is 2. The van der Waals surface area contributed by atoms with Crippen molar-refractivity contribution in [1.82, 2.24) is 0 Å². The van der Waals surface area contributed by atoms with Gasteiger partial charge in [0.2, 0.25) is 0 Å². The number of carbonyl (C=O) groups is 2. The van der Waals surface area contributed by atoms with Crippen LogP contribution in [0.4, 0.5) is 26.3 Å². The van der Waals surface area contributed by atoms with Crippen LogP contribution in [-0.2, 0) is 9.59 Å². The van der Waals surface area contributed by atoms with Gasteiger partial charge >= 0.3 is 77.1 Å². The molecule has 0 saturated heterocycles. The van der Waals surface area contributed by atoms with Gasteiger partial charge in [-0.1, -0.05) is 0 Å². The molecule has 0 fully saturated rings. The van der Waals surface area contributed by atoms with Gasteiger partial charge in [-0.3, -0.25) is 0 Å².